The molecule has 3 N–H and O–H groups in total. The molecule has 0 heterocycles. The van der Waals surface area contributed by atoms with Gasteiger partial charge in [-0.3, -0.25) is 0 Å². The van der Waals surface area contributed by atoms with Crippen molar-refractivity contribution in [3.05, 3.63) is 47.3 Å². The zero-order chi connectivity index (χ0) is 13.1. The predicted molar refractivity (Wildman–Crippen MR) is 63.4 cm³/mol. The Labute approximate surface area is 104 Å². The van der Waals surface area contributed by atoms with Crippen LogP contribution in [0.1, 0.15) is 24.4 Å². The fraction of sp³-hybridized carbons (Fsp3) is 0.385. The van der Waals surface area contributed by atoms with Crippen molar-refractivity contribution in [2.24, 2.45) is 5.73 Å². The third-order valence-electron chi connectivity index (χ3n) is 3.10. The minimum absolute atomic E-state index is 0.0725. The second kappa shape index (κ2) is 5.54. The largest absolute Gasteiger partial charge is 0.329 e. The summed E-state index contributed by atoms with van der Waals surface area (Å²) in [6.07, 6.45) is 5.71. The van der Waals surface area contributed by atoms with Gasteiger partial charge in [-0.15, -0.1) is 0 Å². The third kappa shape index (κ3) is 2.73. The standard InChI is InChI=1S/C13H15F3N2/c14-10-6-12(16)11(15)5-9(10)13(7-17)18-8-3-1-2-4-8/h1-2,5-6,8,13,18H,3-4,7,17H2. The Kier molecular flexibility index (Phi) is 4.04. The molecule has 5 heteroatoms. The van der Waals surface area contributed by atoms with E-state index in [0.29, 0.717) is 6.07 Å². The van der Waals surface area contributed by atoms with Crippen molar-refractivity contribution in [2.45, 2.75) is 24.9 Å². The van der Waals surface area contributed by atoms with E-state index in [9.17, 15) is 13.2 Å². The highest BCUT2D eigenvalue weighted by Gasteiger charge is 2.21. The van der Waals surface area contributed by atoms with E-state index in [-0.39, 0.29) is 18.2 Å². The first-order valence-corrected chi connectivity index (χ1v) is 5.87. The molecule has 0 spiro atoms. The van der Waals surface area contributed by atoms with Gasteiger partial charge in [0.25, 0.3) is 0 Å². The third-order valence-corrected chi connectivity index (χ3v) is 3.10. The summed E-state index contributed by atoms with van der Waals surface area (Å²) in [5.74, 6) is -3.02. The molecule has 1 aliphatic carbocycles. The van der Waals surface area contributed by atoms with Crippen LogP contribution in [0.25, 0.3) is 0 Å². The van der Waals surface area contributed by atoms with Crippen molar-refractivity contribution < 1.29 is 13.2 Å². The van der Waals surface area contributed by atoms with Gasteiger partial charge in [-0.25, -0.2) is 13.2 Å². The fourth-order valence-electron chi connectivity index (χ4n) is 2.13. The van der Waals surface area contributed by atoms with Gasteiger partial charge < -0.3 is 11.1 Å². The molecule has 0 aliphatic heterocycles. The molecule has 18 heavy (non-hydrogen) atoms. The summed E-state index contributed by atoms with van der Waals surface area (Å²) in [4.78, 5) is 0. The number of hydrogen-bond donors (Lipinski definition) is 2. The lowest BCUT2D eigenvalue weighted by molar-refractivity contribution is 0.428. The molecule has 0 fully saturated rings. The SMILES string of the molecule is NCC(NC1CC=CC1)c1cc(F)c(F)cc1F. The van der Waals surface area contributed by atoms with Gasteiger partial charge >= 0.3 is 0 Å². The molecular weight excluding hydrogens is 241 g/mol. The lowest BCUT2D eigenvalue weighted by Crippen LogP contribution is -2.35. The molecule has 0 radical (unpaired) electrons. The van der Waals surface area contributed by atoms with E-state index < -0.39 is 23.5 Å². The van der Waals surface area contributed by atoms with Crippen LogP contribution in [0.4, 0.5) is 13.2 Å². The summed E-state index contributed by atoms with van der Waals surface area (Å²) < 4.78 is 39.6. The Morgan fingerprint density at radius 2 is 1.72 bits per heavy atom. The average molecular weight is 256 g/mol. The minimum Gasteiger partial charge on any atom is -0.329 e. The van der Waals surface area contributed by atoms with Gasteiger partial charge in [0.2, 0.25) is 0 Å². The molecule has 0 amide bonds. The Hall–Kier alpha value is -1.33. The van der Waals surface area contributed by atoms with Crippen molar-refractivity contribution in [3.63, 3.8) is 0 Å². The molecule has 1 aliphatic rings. The first-order chi connectivity index (χ1) is 8.61. The first kappa shape index (κ1) is 13.1. The molecule has 0 aromatic heterocycles. The zero-order valence-electron chi connectivity index (χ0n) is 9.80. The fourth-order valence-corrected chi connectivity index (χ4v) is 2.13. The van der Waals surface area contributed by atoms with Gasteiger partial charge in [0.05, 0.1) is 0 Å². The molecule has 1 aromatic carbocycles. The van der Waals surface area contributed by atoms with Crippen LogP contribution in [-0.4, -0.2) is 12.6 Å². The molecule has 1 unspecified atom stereocenters. The Bertz CT molecular complexity index is 452. The second-order valence-corrected chi connectivity index (χ2v) is 4.38. The molecule has 0 saturated carbocycles. The summed E-state index contributed by atoms with van der Waals surface area (Å²) in [5, 5.41) is 3.15. The van der Waals surface area contributed by atoms with Crippen LogP contribution < -0.4 is 11.1 Å². The van der Waals surface area contributed by atoms with Gasteiger partial charge in [0.1, 0.15) is 5.82 Å². The summed E-state index contributed by atoms with van der Waals surface area (Å²) in [5.41, 5.74) is 5.65. The van der Waals surface area contributed by atoms with E-state index in [0.717, 1.165) is 18.9 Å². The minimum atomic E-state index is -1.19. The lowest BCUT2D eigenvalue weighted by Gasteiger charge is -2.22. The van der Waals surface area contributed by atoms with E-state index in [1.807, 2.05) is 12.2 Å². The summed E-state index contributed by atoms with van der Waals surface area (Å²) in [6, 6.07) is 1.09. The van der Waals surface area contributed by atoms with Gasteiger partial charge in [0.15, 0.2) is 11.6 Å². The molecule has 1 atom stereocenters. The number of halogens is 3. The topological polar surface area (TPSA) is 38.0 Å². The Morgan fingerprint density at radius 3 is 2.33 bits per heavy atom. The van der Waals surface area contributed by atoms with Crippen LogP contribution in [0.5, 0.6) is 0 Å². The number of rotatable bonds is 4. The molecule has 2 nitrogen and oxygen atoms in total. The van der Waals surface area contributed by atoms with E-state index in [4.69, 9.17) is 5.73 Å². The van der Waals surface area contributed by atoms with E-state index >= 15 is 0 Å². The summed E-state index contributed by atoms with van der Waals surface area (Å²) in [7, 11) is 0. The molecule has 2 rings (SSSR count). The zero-order valence-corrected chi connectivity index (χ0v) is 9.80. The van der Waals surface area contributed by atoms with Crippen molar-refractivity contribution >= 4 is 0 Å². The lowest BCUT2D eigenvalue weighted by atomic mass is 10.0. The van der Waals surface area contributed by atoms with Gasteiger partial charge in [0, 0.05) is 30.3 Å². The quantitative estimate of drug-likeness (QED) is 0.641. The van der Waals surface area contributed by atoms with Crippen LogP contribution in [0.2, 0.25) is 0 Å². The van der Waals surface area contributed by atoms with Crippen molar-refractivity contribution in [1.29, 1.82) is 0 Å². The average Bonchev–Trinajstić information content (AvgIpc) is 2.84. The second-order valence-electron chi connectivity index (χ2n) is 4.38. The van der Waals surface area contributed by atoms with Gasteiger partial charge in [-0.2, -0.15) is 0 Å². The van der Waals surface area contributed by atoms with Crippen LogP contribution in [0.3, 0.4) is 0 Å². The van der Waals surface area contributed by atoms with E-state index in [2.05, 4.69) is 5.32 Å². The van der Waals surface area contributed by atoms with Crippen LogP contribution in [0.15, 0.2) is 24.3 Å². The maximum absolute atomic E-state index is 13.6. The molecule has 1 aromatic rings. The molecule has 98 valence electrons. The van der Waals surface area contributed by atoms with Crippen LogP contribution >= 0.6 is 0 Å². The molecule has 0 bridgehead atoms. The highest BCUT2D eigenvalue weighted by atomic mass is 19.2. The van der Waals surface area contributed by atoms with Crippen molar-refractivity contribution in [3.8, 4) is 0 Å². The number of nitrogens with two attached hydrogens (primary N) is 1. The number of benzene rings is 1. The van der Waals surface area contributed by atoms with Crippen LogP contribution in [-0.2, 0) is 0 Å². The monoisotopic (exact) mass is 256 g/mol. The summed E-state index contributed by atoms with van der Waals surface area (Å²) >= 11 is 0. The van der Waals surface area contributed by atoms with Crippen molar-refractivity contribution in [2.75, 3.05) is 6.54 Å². The Morgan fingerprint density at radius 1 is 1.11 bits per heavy atom. The van der Waals surface area contributed by atoms with Crippen LogP contribution in [0, 0.1) is 17.5 Å². The van der Waals surface area contributed by atoms with Gasteiger partial charge in [-0.1, -0.05) is 12.2 Å². The maximum Gasteiger partial charge on any atom is 0.161 e. The first-order valence-electron chi connectivity index (χ1n) is 5.87. The highest BCUT2D eigenvalue weighted by molar-refractivity contribution is 5.24. The van der Waals surface area contributed by atoms with Gasteiger partial charge in [-0.05, 0) is 18.9 Å². The predicted octanol–water partition coefficient (Wildman–Crippen LogP) is 2.41. The number of hydrogen-bond acceptors (Lipinski definition) is 2. The van der Waals surface area contributed by atoms with Crippen molar-refractivity contribution in [1.82, 2.24) is 5.32 Å². The Balaban J connectivity index is 2.18. The van der Waals surface area contributed by atoms with E-state index in [1.54, 1.807) is 0 Å². The highest BCUT2D eigenvalue weighted by Crippen LogP contribution is 2.22. The number of nitrogens with one attached hydrogen (secondary N) is 1. The normalized spacial score (nSPS) is 17.3. The molecular formula is C13H15F3N2. The smallest absolute Gasteiger partial charge is 0.161 e. The summed E-state index contributed by atoms with van der Waals surface area (Å²) in [6.45, 7) is 0.124. The maximum atomic E-state index is 13.6. The van der Waals surface area contributed by atoms with E-state index in [1.165, 1.54) is 0 Å². The molecule has 0 saturated heterocycles.